The van der Waals surface area contributed by atoms with Crippen molar-refractivity contribution in [2.75, 3.05) is 5.32 Å². The van der Waals surface area contributed by atoms with E-state index in [9.17, 15) is 5.11 Å². The predicted octanol–water partition coefficient (Wildman–Crippen LogP) is 3.30. The molecule has 2 aromatic rings. The summed E-state index contributed by atoms with van der Waals surface area (Å²) >= 11 is 1.62. The van der Waals surface area contributed by atoms with E-state index in [2.05, 4.69) is 22.4 Å². The molecule has 4 nitrogen and oxygen atoms in total. The van der Waals surface area contributed by atoms with Crippen molar-refractivity contribution in [1.82, 2.24) is 10.2 Å². The summed E-state index contributed by atoms with van der Waals surface area (Å²) in [4.78, 5) is 0. The number of phenols is 1. The molecule has 0 saturated heterocycles. The SMILES string of the molecule is CCc1nnc(NC2CCCc3cc(O)ccc32)s1. The molecule has 1 aliphatic carbocycles. The lowest BCUT2D eigenvalue weighted by atomic mass is 9.87. The van der Waals surface area contributed by atoms with E-state index in [0.29, 0.717) is 5.75 Å². The Kier molecular flexibility index (Phi) is 3.38. The molecule has 2 N–H and O–H groups in total. The number of hydrogen-bond acceptors (Lipinski definition) is 5. The molecule has 1 aromatic carbocycles. The van der Waals surface area contributed by atoms with Crippen LogP contribution in [0.15, 0.2) is 18.2 Å². The van der Waals surface area contributed by atoms with Gasteiger partial charge in [-0.05, 0) is 48.9 Å². The average molecular weight is 275 g/mol. The number of nitrogens with one attached hydrogen (secondary N) is 1. The number of benzene rings is 1. The molecule has 0 aliphatic heterocycles. The molecular formula is C14H17N3OS. The number of aromatic hydroxyl groups is 1. The molecule has 1 unspecified atom stereocenters. The molecule has 1 aromatic heterocycles. The highest BCUT2D eigenvalue weighted by atomic mass is 32.1. The Morgan fingerprint density at radius 1 is 1.42 bits per heavy atom. The number of aryl methyl sites for hydroxylation is 2. The molecule has 0 radical (unpaired) electrons. The summed E-state index contributed by atoms with van der Waals surface area (Å²) in [6, 6.07) is 5.93. The molecule has 1 atom stereocenters. The van der Waals surface area contributed by atoms with Crippen LogP contribution in [0.2, 0.25) is 0 Å². The Morgan fingerprint density at radius 2 is 2.32 bits per heavy atom. The minimum atomic E-state index is 0.280. The van der Waals surface area contributed by atoms with Crippen LogP contribution in [0.1, 0.15) is 41.9 Å². The van der Waals surface area contributed by atoms with Crippen LogP contribution < -0.4 is 5.32 Å². The van der Waals surface area contributed by atoms with Gasteiger partial charge in [0.25, 0.3) is 0 Å². The van der Waals surface area contributed by atoms with Crippen molar-refractivity contribution in [3.63, 3.8) is 0 Å². The Bertz CT molecular complexity index is 582. The van der Waals surface area contributed by atoms with Crippen molar-refractivity contribution in [2.24, 2.45) is 0 Å². The van der Waals surface area contributed by atoms with Gasteiger partial charge < -0.3 is 10.4 Å². The van der Waals surface area contributed by atoms with E-state index in [4.69, 9.17) is 0 Å². The topological polar surface area (TPSA) is 58.0 Å². The fourth-order valence-electron chi connectivity index (χ4n) is 2.55. The zero-order valence-corrected chi connectivity index (χ0v) is 11.7. The van der Waals surface area contributed by atoms with Gasteiger partial charge in [-0.3, -0.25) is 0 Å². The largest absolute Gasteiger partial charge is 0.508 e. The van der Waals surface area contributed by atoms with Gasteiger partial charge in [-0.15, -0.1) is 10.2 Å². The maximum Gasteiger partial charge on any atom is 0.206 e. The third-order valence-corrected chi connectivity index (χ3v) is 4.51. The lowest BCUT2D eigenvalue weighted by Gasteiger charge is -2.26. The van der Waals surface area contributed by atoms with Crippen LogP contribution in [0.3, 0.4) is 0 Å². The summed E-state index contributed by atoms with van der Waals surface area (Å²) in [6.45, 7) is 2.09. The Morgan fingerprint density at radius 3 is 3.11 bits per heavy atom. The standard InChI is InChI=1S/C14H17N3OS/c1-2-13-16-17-14(19-13)15-12-5-3-4-9-8-10(18)6-7-11(9)12/h6-8,12,18H,2-5H2,1H3,(H,15,17). The molecule has 3 rings (SSSR count). The Balaban J connectivity index is 1.83. The summed E-state index contributed by atoms with van der Waals surface area (Å²) in [5.41, 5.74) is 2.52. The van der Waals surface area contributed by atoms with Gasteiger partial charge in [0.05, 0.1) is 6.04 Å². The van der Waals surface area contributed by atoms with Gasteiger partial charge in [0.2, 0.25) is 5.13 Å². The smallest absolute Gasteiger partial charge is 0.206 e. The van der Waals surface area contributed by atoms with E-state index in [-0.39, 0.29) is 6.04 Å². The summed E-state index contributed by atoms with van der Waals surface area (Å²) in [5.74, 6) is 0.351. The molecule has 0 fully saturated rings. The zero-order chi connectivity index (χ0) is 13.2. The van der Waals surface area contributed by atoms with E-state index in [1.54, 1.807) is 17.4 Å². The second-order valence-electron chi connectivity index (χ2n) is 4.83. The number of hydrogen-bond donors (Lipinski definition) is 2. The van der Waals surface area contributed by atoms with Crippen molar-refractivity contribution in [3.05, 3.63) is 34.3 Å². The van der Waals surface area contributed by atoms with Crippen LogP contribution in [0.25, 0.3) is 0 Å². The van der Waals surface area contributed by atoms with Crippen molar-refractivity contribution in [3.8, 4) is 5.75 Å². The van der Waals surface area contributed by atoms with Crippen molar-refractivity contribution in [1.29, 1.82) is 0 Å². The minimum absolute atomic E-state index is 0.280. The summed E-state index contributed by atoms with van der Waals surface area (Å²) in [5, 5.41) is 23.3. The monoisotopic (exact) mass is 275 g/mol. The number of phenolic OH excluding ortho intramolecular Hbond substituents is 1. The first kappa shape index (κ1) is 12.4. The van der Waals surface area contributed by atoms with Crippen molar-refractivity contribution < 1.29 is 5.11 Å². The second kappa shape index (κ2) is 5.17. The van der Waals surface area contributed by atoms with Gasteiger partial charge in [0.15, 0.2) is 0 Å². The highest BCUT2D eigenvalue weighted by Crippen LogP contribution is 2.34. The maximum atomic E-state index is 9.56. The Hall–Kier alpha value is -1.62. The lowest BCUT2D eigenvalue weighted by Crippen LogP contribution is -2.17. The fraction of sp³-hybridized carbons (Fsp3) is 0.429. The van der Waals surface area contributed by atoms with Crippen molar-refractivity contribution >= 4 is 16.5 Å². The van der Waals surface area contributed by atoms with E-state index in [1.165, 1.54) is 11.1 Å². The van der Waals surface area contributed by atoms with E-state index < -0.39 is 0 Å². The summed E-state index contributed by atoms with van der Waals surface area (Å²) in [6.07, 6.45) is 4.19. The summed E-state index contributed by atoms with van der Waals surface area (Å²) in [7, 11) is 0. The third-order valence-electron chi connectivity index (χ3n) is 3.51. The first-order valence-corrected chi connectivity index (χ1v) is 7.48. The summed E-state index contributed by atoms with van der Waals surface area (Å²) < 4.78 is 0. The van der Waals surface area contributed by atoms with Gasteiger partial charge in [0.1, 0.15) is 10.8 Å². The third kappa shape index (κ3) is 2.56. The zero-order valence-electron chi connectivity index (χ0n) is 10.9. The first-order chi connectivity index (χ1) is 9.26. The number of anilines is 1. The van der Waals surface area contributed by atoms with Crippen molar-refractivity contribution in [2.45, 2.75) is 38.6 Å². The highest BCUT2D eigenvalue weighted by molar-refractivity contribution is 7.15. The predicted molar refractivity (Wildman–Crippen MR) is 76.7 cm³/mol. The molecule has 1 aliphatic rings. The molecule has 0 saturated carbocycles. The molecule has 19 heavy (non-hydrogen) atoms. The number of rotatable bonds is 3. The lowest BCUT2D eigenvalue weighted by molar-refractivity contribution is 0.472. The Labute approximate surface area is 116 Å². The van der Waals surface area contributed by atoms with Crippen LogP contribution in [0, 0.1) is 0 Å². The van der Waals surface area contributed by atoms with Gasteiger partial charge >= 0.3 is 0 Å². The molecule has 0 bridgehead atoms. The molecule has 0 amide bonds. The average Bonchev–Trinajstić information content (AvgIpc) is 2.86. The molecule has 0 spiro atoms. The van der Waals surface area contributed by atoms with Crippen LogP contribution in [0.4, 0.5) is 5.13 Å². The fourth-order valence-corrected chi connectivity index (χ4v) is 3.29. The van der Waals surface area contributed by atoms with Gasteiger partial charge in [-0.1, -0.05) is 24.3 Å². The van der Waals surface area contributed by atoms with Gasteiger partial charge in [-0.2, -0.15) is 0 Å². The minimum Gasteiger partial charge on any atom is -0.508 e. The number of nitrogens with zero attached hydrogens (tertiary/aromatic N) is 2. The van der Waals surface area contributed by atoms with Crippen LogP contribution in [0.5, 0.6) is 5.75 Å². The molecule has 1 heterocycles. The molecule has 5 heteroatoms. The van der Waals surface area contributed by atoms with E-state index in [1.807, 2.05) is 12.1 Å². The van der Waals surface area contributed by atoms with Crippen LogP contribution in [-0.2, 0) is 12.8 Å². The van der Waals surface area contributed by atoms with Crippen LogP contribution >= 0.6 is 11.3 Å². The maximum absolute atomic E-state index is 9.56. The van der Waals surface area contributed by atoms with Gasteiger partial charge in [0, 0.05) is 0 Å². The molecule has 100 valence electrons. The van der Waals surface area contributed by atoms with E-state index in [0.717, 1.165) is 35.8 Å². The first-order valence-electron chi connectivity index (χ1n) is 6.67. The van der Waals surface area contributed by atoms with E-state index >= 15 is 0 Å². The quantitative estimate of drug-likeness (QED) is 0.902. The highest BCUT2D eigenvalue weighted by Gasteiger charge is 2.21. The van der Waals surface area contributed by atoms with Gasteiger partial charge in [-0.25, -0.2) is 0 Å². The normalized spacial score (nSPS) is 18.1. The molecular weight excluding hydrogens is 258 g/mol. The number of aromatic nitrogens is 2. The second-order valence-corrected chi connectivity index (χ2v) is 5.89. The van der Waals surface area contributed by atoms with Crippen LogP contribution in [-0.4, -0.2) is 15.3 Å². The number of fused-ring (bicyclic) bond motifs is 1.